The van der Waals surface area contributed by atoms with Gasteiger partial charge in [0.1, 0.15) is 18.2 Å². The molecule has 3 aromatic rings. The standard InChI is InChI=1S/C21H18IN3O3/c1-15-24-10-11-25(15)13-20(14-27-19-8-2-16(12-23)3-9-19)28-21(26)17-4-6-18(22)7-5-17/h2-11,20H,13-14H2,1H3. The van der Waals surface area contributed by atoms with Gasteiger partial charge in [0.2, 0.25) is 0 Å². The number of esters is 1. The number of hydrogen-bond acceptors (Lipinski definition) is 5. The van der Waals surface area contributed by atoms with E-state index in [0.29, 0.717) is 23.4 Å². The number of hydrogen-bond donors (Lipinski definition) is 0. The molecule has 0 fully saturated rings. The first-order valence-corrected chi connectivity index (χ1v) is 9.70. The Hall–Kier alpha value is -2.86. The number of aryl methyl sites for hydroxylation is 1. The molecule has 6 nitrogen and oxygen atoms in total. The van der Waals surface area contributed by atoms with Crippen LogP contribution in [0, 0.1) is 21.8 Å². The van der Waals surface area contributed by atoms with Crippen molar-refractivity contribution in [3.63, 3.8) is 0 Å². The van der Waals surface area contributed by atoms with Crippen LogP contribution >= 0.6 is 22.6 Å². The Morgan fingerprint density at radius 2 is 1.93 bits per heavy atom. The monoisotopic (exact) mass is 487 g/mol. The summed E-state index contributed by atoms with van der Waals surface area (Å²) in [6.07, 6.45) is 3.03. The third-order valence-electron chi connectivity index (χ3n) is 4.10. The van der Waals surface area contributed by atoms with Crippen molar-refractivity contribution in [1.82, 2.24) is 9.55 Å². The van der Waals surface area contributed by atoms with Gasteiger partial charge in [0.15, 0.2) is 6.10 Å². The molecule has 0 aliphatic heterocycles. The molecule has 0 bridgehead atoms. The molecule has 1 atom stereocenters. The zero-order chi connectivity index (χ0) is 19.9. The fourth-order valence-corrected chi connectivity index (χ4v) is 2.92. The topological polar surface area (TPSA) is 77.1 Å². The molecule has 3 rings (SSSR count). The van der Waals surface area contributed by atoms with Crippen molar-refractivity contribution >= 4 is 28.6 Å². The minimum absolute atomic E-state index is 0.180. The van der Waals surface area contributed by atoms with Crippen LogP contribution in [0.1, 0.15) is 21.7 Å². The molecule has 0 aliphatic carbocycles. The van der Waals surface area contributed by atoms with Crippen LogP contribution in [0.15, 0.2) is 60.9 Å². The van der Waals surface area contributed by atoms with Crippen LogP contribution < -0.4 is 4.74 Å². The number of aromatic nitrogens is 2. The second kappa shape index (κ2) is 9.37. The van der Waals surface area contributed by atoms with Crippen molar-refractivity contribution in [1.29, 1.82) is 5.26 Å². The van der Waals surface area contributed by atoms with Gasteiger partial charge in [-0.25, -0.2) is 9.78 Å². The molecule has 0 aliphatic rings. The second-order valence-corrected chi connectivity index (χ2v) is 7.35. The third kappa shape index (κ3) is 5.33. The summed E-state index contributed by atoms with van der Waals surface area (Å²) >= 11 is 2.19. The predicted octanol–water partition coefficient (Wildman–Crippen LogP) is 3.97. The lowest BCUT2D eigenvalue weighted by Gasteiger charge is -2.20. The summed E-state index contributed by atoms with van der Waals surface area (Å²) in [7, 11) is 0. The van der Waals surface area contributed by atoms with Gasteiger partial charge >= 0.3 is 5.97 Å². The van der Waals surface area contributed by atoms with Crippen molar-refractivity contribution in [2.24, 2.45) is 0 Å². The van der Waals surface area contributed by atoms with Gasteiger partial charge in [-0.3, -0.25) is 0 Å². The summed E-state index contributed by atoms with van der Waals surface area (Å²) in [4.78, 5) is 16.7. The van der Waals surface area contributed by atoms with Crippen molar-refractivity contribution in [3.05, 3.63) is 81.4 Å². The van der Waals surface area contributed by atoms with Crippen LogP contribution in [-0.2, 0) is 11.3 Å². The van der Waals surface area contributed by atoms with Crippen molar-refractivity contribution in [2.75, 3.05) is 6.61 Å². The van der Waals surface area contributed by atoms with Crippen LogP contribution in [0.25, 0.3) is 0 Å². The van der Waals surface area contributed by atoms with Crippen LogP contribution in [0.2, 0.25) is 0 Å². The Labute approximate surface area is 176 Å². The van der Waals surface area contributed by atoms with Gasteiger partial charge in [0.25, 0.3) is 0 Å². The molecule has 28 heavy (non-hydrogen) atoms. The van der Waals surface area contributed by atoms with Crippen LogP contribution in [0.5, 0.6) is 5.75 Å². The zero-order valence-corrected chi connectivity index (χ0v) is 17.4. The summed E-state index contributed by atoms with van der Waals surface area (Å²) in [5.41, 5.74) is 1.05. The molecule has 1 heterocycles. The van der Waals surface area contributed by atoms with E-state index >= 15 is 0 Å². The number of nitrogens with zero attached hydrogens (tertiary/aromatic N) is 3. The van der Waals surface area contributed by atoms with Gasteiger partial charge in [-0.05, 0) is 78.0 Å². The Bertz CT molecular complexity index is 975. The maximum Gasteiger partial charge on any atom is 0.338 e. The molecule has 0 N–H and O–H groups in total. The average molecular weight is 487 g/mol. The number of ether oxygens (including phenoxy) is 2. The average Bonchev–Trinajstić information content (AvgIpc) is 3.11. The van der Waals surface area contributed by atoms with Crippen LogP contribution in [-0.4, -0.2) is 28.2 Å². The smallest absolute Gasteiger partial charge is 0.338 e. The van der Waals surface area contributed by atoms with Crippen molar-refractivity contribution in [2.45, 2.75) is 19.6 Å². The fraction of sp³-hybridized carbons (Fsp3) is 0.190. The first kappa shape index (κ1) is 19.9. The number of carbonyl (C=O) groups excluding carboxylic acids is 1. The lowest BCUT2D eigenvalue weighted by atomic mass is 10.2. The highest BCUT2D eigenvalue weighted by Crippen LogP contribution is 2.15. The second-order valence-electron chi connectivity index (χ2n) is 6.11. The van der Waals surface area contributed by atoms with Crippen molar-refractivity contribution < 1.29 is 14.3 Å². The largest absolute Gasteiger partial charge is 0.490 e. The van der Waals surface area contributed by atoms with Crippen LogP contribution in [0.3, 0.4) is 0 Å². The summed E-state index contributed by atoms with van der Waals surface area (Å²) in [5, 5.41) is 8.88. The molecule has 142 valence electrons. The Morgan fingerprint density at radius 1 is 1.21 bits per heavy atom. The molecule has 7 heteroatoms. The Kier molecular flexibility index (Phi) is 6.66. The molecule has 0 saturated carbocycles. The number of rotatable bonds is 7. The van der Waals surface area contributed by atoms with E-state index < -0.39 is 12.1 Å². The van der Waals surface area contributed by atoms with Gasteiger partial charge in [0, 0.05) is 16.0 Å². The van der Waals surface area contributed by atoms with E-state index in [1.165, 1.54) is 0 Å². The van der Waals surface area contributed by atoms with Gasteiger partial charge in [-0.2, -0.15) is 5.26 Å². The van der Waals surface area contributed by atoms with Crippen LogP contribution in [0.4, 0.5) is 0 Å². The van der Waals surface area contributed by atoms with Crippen molar-refractivity contribution in [3.8, 4) is 11.8 Å². The molecule has 0 radical (unpaired) electrons. The highest BCUT2D eigenvalue weighted by molar-refractivity contribution is 14.1. The summed E-state index contributed by atoms with van der Waals surface area (Å²) in [6.45, 7) is 2.50. The molecular weight excluding hydrogens is 469 g/mol. The molecule has 0 amide bonds. The SMILES string of the molecule is Cc1nccn1CC(COc1ccc(C#N)cc1)OC(=O)c1ccc(I)cc1. The van der Waals surface area contributed by atoms with E-state index in [1.54, 1.807) is 42.6 Å². The molecule has 0 saturated heterocycles. The maximum absolute atomic E-state index is 12.5. The lowest BCUT2D eigenvalue weighted by molar-refractivity contribution is 0.0123. The van der Waals surface area contributed by atoms with Gasteiger partial charge in [-0.15, -0.1) is 0 Å². The number of benzene rings is 2. The first-order valence-electron chi connectivity index (χ1n) is 8.62. The van der Waals surface area contributed by atoms with E-state index in [4.69, 9.17) is 14.7 Å². The Morgan fingerprint density at radius 3 is 2.54 bits per heavy atom. The molecule has 1 aromatic heterocycles. The van der Waals surface area contributed by atoms with Gasteiger partial charge in [0.05, 0.1) is 23.7 Å². The molecule has 1 unspecified atom stereocenters. The summed E-state index contributed by atoms with van der Waals surface area (Å²) in [6, 6.07) is 16.1. The van der Waals surface area contributed by atoms with E-state index in [2.05, 4.69) is 33.6 Å². The molecule has 0 spiro atoms. The third-order valence-corrected chi connectivity index (χ3v) is 4.82. The van der Waals surface area contributed by atoms with E-state index in [0.717, 1.165) is 9.39 Å². The number of imidazole rings is 1. The van der Waals surface area contributed by atoms with E-state index in [1.807, 2.05) is 29.8 Å². The highest BCUT2D eigenvalue weighted by atomic mass is 127. The normalized spacial score (nSPS) is 11.5. The van der Waals surface area contributed by atoms with Gasteiger partial charge < -0.3 is 14.0 Å². The van der Waals surface area contributed by atoms with Gasteiger partial charge in [-0.1, -0.05) is 0 Å². The number of carbonyl (C=O) groups is 1. The molecule has 2 aromatic carbocycles. The lowest BCUT2D eigenvalue weighted by Crippen LogP contribution is -2.30. The molecular formula is C21H18IN3O3. The van der Waals surface area contributed by atoms with E-state index in [9.17, 15) is 4.79 Å². The van der Waals surface area contributed by atoms with E-state index in [-0.39, 0.29) is 6.61 Å². The number of nitriles is 1. The quantitative estimate of drug-likeness (QED) is 0.373. The number of halogens is 1. The maximum atomic E-state index is 12.5. The summed E-state index contributed by atoms with van der Waals surface area (Å²) in [5.74, 6) is 1.04. The highest BCUT2D eigenvalue weighted by Gasteiger charge is 2.18. The minimum atomic E-state index is -0.504. The zero-order valence-electron chi connectivity index (χ0n) is 15.2. The fourth-order valence-electron chi connectivity index (χ4n) is 2.56. The predicted molar refractivity (Wildman–Crippen MR) is 112 cm³/mol. The summed E-state index contributed by atoms with van der Waals surface area (Å²) < 4.78 is 14.5. The first-order chi connectivity index (χ1) is 13.5. The minimum Gasteiger partial charge on any atom is -0.490 e. The Balaban J connectivity index is 1.70.